The van der Waals surface area contributed by atoms with Crippen LogP contribution in [0, 0.1) is 106 Å². The van der Waals surface area contributed by atoms with Gasteiger partial charge >= 0.3 is 0 Å². The molecule has 0 saturated heterocycles. The summed E-state index contributed by atoms with van der Waals surface area (Å²) in [7, 11) is 0. The fourth-order valence-corrected chi connectivity index (χ4v) is 1.74. The van der Waals surface area contributed by atoms with Crippen molar-refractivity contribution in [3.05, 3.63) is 69.3 Å². The standard InChI is InChI=1S/C20F10/c21-11-9(12(22)16(26)19(29)15(11)25)7-5-3-1-2-4-6-8-10-13(23)17(27)20(30)18(28)14(10)24. The molecule has 0 unspecified atom stereocenters. The Morgan fingerprint density at radius 3 is 0.733 bits per heavy atom. The molecule has 0 aliphatic carbocycles. The number of hydrogen-bond acceptors (Lipinski definition) is 0. The van der Waals surface area contributed by atoms with Crippen LogP contribution in [0.1, 0.15) is 11.1 Å². The maximum Gasteiger partial charge on any atom is 0.200 e. The molecule has 0 nitrogen and oxygen atoms in total. The van der Waals surface area contributed by atoms with Gasteiger partial charge in [0.15, 0.2) is 46.5 Å². The van der Waals surface area contributed by atoms with Crippen molar-refractivity contribution in [2.75, 3.05) is 0 Å². The van der Waals surface area contributed by atoms with Crippen LogP contribution < -0.4 is 0 Å². The van der Waals surface area contributed by atoms with Gasteiger partial charge in [-0.1, -0.05) is 0 Å². The van der Waals surface area contributed by atoms with Gasteiger partial charge in [-0.15, -0.1) is 0 Å². The number of rotatable bonds is 0. The van der Waals surface area contributed by atoms with E-state index in [9.17, 15) is 43.9 Å². The molecule has 30 heavy (non-hydrogen) atoms. The Hall–Kier alpha value is -4.02. The fraction of sp³-hybridized carbons (Fsp3) is 0. The number of halogens is 10. The molecule has 0 aliphatic heterocycles. The lowest BCUT2D eigenvalue weighted by Gasteiger charge is -2.01. The highest BCUT2D eigenvalue weighted by Crippen LogP contribution is 2.23. The van der Waals surface area contributed by atoms with Crippen molar-refractivity contribution in [2.45, 2.75) is 0 Å². The van der Waals surface area contributed by atoms with Crippen LogP contribution in [0.4, 0.5) is 43.9 Å². The monoisotopic (exact) mass is 430 g/mol. The molecular formula is C20F10. The van der Waals surface area contributed by atoms with Crippen molar-refractivity contribution in [1.29, 1.82) is 0 Å². The molecule has 0 aromatic heterocycles. The summed E-state index contributed by atoms with van der Waals surface area (Å²) in [6.45, 7) is 0. The number of benzene rings is 2. The van der Waals surface area contributed by atoms with E-state index in [1.165, 1.54) is 0 Å². The van der Waals surface area contributed by atoms with Gasteiger partial charge in [-0.2, -0.15) is 0 Å². The van der Waals surface area contributed by atoms with E-state index in [1.54, 1.807) is 23.7 Å². The first-order valence-electron chi connectivity index (χ1n) is 7.14. The summed E-state index contributed by atoms with van der Waals surface area (Å²) in [5, 5.41) is 0. The zero-order chi connectivity index (χ0) is 22.6. The SMILES string of the molecule is Fc1c(F)c(F)c(C#CC#CC#CC#Cc2c(F)c(F)c(F)c(F)c2F)c(F)c1F. The molecule has 150 valence electrons. The topological polar surface area (TPSA) is 0 Å². The third-order valence-electron chi connectivity index (χ3n) is 3.11. The molecule has 0 bridgehead atoms. The van der Waals surface area contributed by atoms with Gasteiger partial charge in [0.05, 0.1) is 0 Å². The van der Waals surface area contributed by atoms with Gasteiger partial charge in [-0.05, 0) is 47.4 Å². The minimum absolute atomic E-state index is 1.43. The van der Waals surface area contributed by atoms with Crippen LogP contribution >= 0.6 is 0 Å². The lowest BCUT2D eigenvalue weighted by Crippen LogP contribution is -2.04. The van der Waals surface area contributed by atoms with Crippen LogP contribution in [0.2, 0.25) is 0 Å². The first-order valence-corrected chi connectivity index (χ1v) is 7.14. The van der Waals surface area contributed by atoms with Gasteiger partial charge < -0.3 is 0 Å². The van der Waals surface area contributed by atoms with E-state index in [1.807, 2.05) is 23.7 Å². The first-order chi connectivity index (χ1) is 14.1. The van der Waals surface area contributed by atoms with E-state index >= 15 is 0 Å². The predicted octanol–water partition coefficient (Wildman–Crippen LogP) is 4.49. The highest BCUT2D eigenvalue weighted by atomic mass is 19.2. The van der Waals surface area contributed by atoms with Crippen LogP contribution in [-0.4, -0.2) is 0 Å². The van der Waals surface area contributed by atoms with Crippen LogP contribution in [-0.2, 0) is 0 Å². The molecule has 2 aromatic rings. The Morgan fingerprint density at radius 2 is 0.467 bits per heavy atom. The molecule has 0 aliphatic rings. The van der Waals surface area contributed by atoms with Gasteiger partial charge in [-0.3, -0.25) is 0 Å². The van der Waals surface area contributed by atoms with Crippen molar-refractivity contribution in [2.24, 2.45) is 0 Å². The third-order valence-corrected chi connectivity index (χ3v) is 3.11. The van der Waals surface area contributed by atoms with Crippen LogP contribution in [0.3, 0.4) is 0 Å². The average molecular weight is 430 g/mol. The molecule has 0 fully saturated rings. The molecule has 2 rings (SSSR count). The Labute approximate surface area is 161 Å². The highest BCUT2D eigenvalue weighted by Gasteiger charge is 2.25. The molecule has 0 amide bonds. The zero-order valence-corrected chi connectivity index (χ0v) is 13.8. The summed E-state index contributed by atoms with van der Waals surface area (Å²) in [6, 6.07) is 0. The quantitative estimate of drug-likeness (QED) is 0.250. The van der Waals surface area contributed by atoms with Crippen molar-refractivity contribution < 1.29 is 43.9 Å². The van der Waals surface area contributed by atoms with Crippen molar-refractivity contribution in [1.82, 2.24) is 0 Å². The van der Waals surface area contributed by atoms with Gasteiger partial charge in [0.1, 0.15) is 11.1 Å². The van der Waals surface area contributed by atoms with Crippen molar-refractivity contribution in [3.63, 3.8) is 0 Å². The van der Waals surface area contributed by atoms with Gasteiger partial charge in [0.25, 0.3) is 0 Å². The molecule has 0 saturated carbocycles. The van der Waals surface area contributed by atoms with Gasteiger partial charge in [-0.25, -0.2) is 43.9 Å². The molecule has 2 aromatic carbocycles. The van der Waals surface area contributed by atoms with Crippen LogP contribution in [0.5, 0.6) is 0 Å². The molecule has 0 spiro atoms. The minimum atomic E-state index is -2.36. The Bertz CT molecular complexity index is 1150. The van der Waals surface area contributed by atoms with Crippen molar-refractivity contribution in [3.8, 4) is 47.4 Å². The summed E-state index contributed by atoms with van der Waals surface area (Å²) in [6.07, 6.45) is 0. The van der Waals surface area contributed by atoms with E-state index in [0.29, 0.717) is 0 Å². The lowest BCUT2D eigenvalue weighted by atomic mass is 10.1. The molecular weight excluding hydrogens is 430 g/mol. The first kappa shape index (κ1) is 22.3. The Morgan fingerprint density at radius 1 is 0.267 bits per heavy atom. The molecule has 0 radical (unpaired) electrons. The second-order valence-electron chi connectivity index (χ2n) is 4.89. The van der Waals surface area contributed by atoms with E-state index in [4.69, 9.17) is 0 Å². The molecule has 0 heterocycles. The summed E-state index contributed by atoms with van der Waals surface area (Å²) in [5.74, 6) is -8.02. The Balaban J connectivity index is 2.26. The molecule has 0 atom stereocenters. The lowest BCUT2D eigenvalue weighted by molar-refractivity contribution is 0.376. The second-order valence-corrected chi connectivity index (χ2v) is 4.89. The summed E-state index contributed by atoms with van der Waals surface area (Å²) in [4.78, 5) is 0. The Kier molecular flexibility index (Phi) is 6.67. The third kappa shape index (κ3) is 4.19. The normalized spacial score (nSPS) is 9.27. The minimum Gasteiger partial charge on any atom is -0.202 e. The number of hydrogen-bond donors (Lipinski definition) is 0. The fourth-order valence-electron chi connectivity index (χ4n) is 1.74. The highest BCUT2D eigenvalue weighted by molar-refractivity contribution is 5.47. The predicted molar refractivity (Wildman–Crippen MR) is 81.8 cm³/mol. The maximum absolute atomic E-state index is 13.3. The van der Waals surface area contributed by atoms with E-state index in [2.05, 4.69) is 0 Å². The largest absolute Gasteiger partial charge is 0.202 e. The molecule has 0 N–H and O–H groups in total. The second kappa shape index (κ2) is 8.99. The average Bonchev–Trinajstić information content (AvgIpc) is 2.73. The van der Waals surface area contributed by atoms with E-state index < -0.39 is 69.3 Å². The maximum atomic E-state index is 13.3. The zero-order valence-electron chi connectivity index (χ0n) is 13.8. The smallest absolute Gasteiger partial charge is 0.200 e. The summed E-state index contributed by atoms with van der Waals surface area (Å²) >= 11 is 0. The van der Waals surface area contributed by atoms with E-state index in [0.717, 1.165) is 0 Å². The van der Waals surface area contributed by atoms with Gasteiger partial charge in [0, 0.05) is 0 Å². The van der Waals surface area contributed by atoms with Crippen molar-refractivity contribution >= 4 is 0 Å². The summed E-state index contributed by atoms with van der Waals surface area (Å²) < 4.78 is 131. The van der Waals surface area contributed by atoms with Crippen LogP contribution in [0.25, 0.3) is 0 Å². The van der Waals surface area contributed by atoms with E-state index in [-0.39, 0.29) is 0 Å². The molecule has 10 heteroatoms. The summed E-state index contributed by atoms with van der Waals surface area (Å²) in [5.41, 5.74) is -2.86. The van der Waals surface area contributed by atoms with Gasteiger partial charge in [0.2, 0.25) is 11.6 Å². The van der Waals surface area contributed by atoms with Crippen LogP contribution in [0.15, 0.2) is 0 Å².